The van der Waals surface area contributed by atoms with Crippen LogP contribution in [-0.2, 0) is 0 Å². The van der Waals surface area contributed by atoms with Crippen LogP contribution in [0.2, 0.25) is 0 Å². The number of nitrogens with zero attached hydrogens (tertiary/aromatic N) is 1. The van der Waals surface area contributed by atoms with Crippen LogP contribution in [0.5, 0.6) is 5.75 Å². The Morgan fingerprint density at radius 2 is 2.04 bits per heavy atom. The highest BCUT2D eigenvalue weighted by Crippen LogP contribution is 2.38. The molecule has 3 rings (SSSR count). The molecule has 0 fully saturated rings. The lowest BCUT2D eigenvalue weighted by Crippen LogP contribution is -2.33. The van der Waals surface area contributed by atoms with Crippen molar-refractivity contribution in [3.8, 4) is 5.75 Å². The standard InChI is InChI=1S/C16H13N3O4S/c17-16(21)18-15(10-7-13(19(22)23)24-8-10)14-11-4-2-1-3-9(11)5-6-12(14)20/h1-8,15,20H,(H3,17,18,21). The lowest BCUT2D eigenvalue weighted by atomic mass is 9.94. The normalized spacial score (nSPS) is 12.0. The molecule has 7 nitrogen and oxygen atoms in total. The van der Waals surface area contributed by atoms with E-state index in [-0.39, 0.29) is 10.8 Å². The number of hydrogen-bond acceptors (Lipinski definition) is 5. The second-order valence-corrected chi connectivity index (χ2v) is 6.03. The number of phenolic OH excluding ortho intramolecular Hbond substituents is 1. The smallest absolute Gasteiger partial charge is 0.324 e. The summed E-state index contributed by atoms with van der Waals surface area (Å²) >= 11 is 0.946. The number of carbonyl (C=O) groups is 1. The Kier molecular flexibility index (Phi) is 4.05. The van der Waals surface area contributed by atoms with E-state index in [2.05, 4.69) is 5.32 Å². The Hall–Kier alpha value is -3.13. The molecule has 1 heterocycles. The van der Waals surface area contributed by atoms with Gasteiger partial charge in [0.15, 0.2) is 0 Å². The van der Waals surface area contributed by atoms with Gasteiger partial charge in [0.1, 0.15) is 5.75 Å². The third kappa shape index (κ3) is 2.86. The Morgan fingerprint density at radius 3 is 2.71 bits per heavy atom. The highest BCUT2D eigenvalue weighted by atomic mass is 32.1. The van der Waals surface area contributed by atoms with Crippen LogP contribution in [0.3, 0.4) is 0 Å². The summed E-state index contributed by atoms with van der Waals surface area (Å²) < 4.78 is 0. The Bertz CT molecular complexity index is 938. The average Bonchev–Trinajstić information content (AvgIpc) is 3.03. The molecule has 2 amide bonds. The van der Waals surface area contributed by atoms with Crippen molar-refractivity contribution in [2.24, 2.45) is 5.73 Å². The van der Waals surface area contributed by atoms with Crippen LogP contribution in [0.25, 0.3) is 10.8 Å². The summed E-state index contributed by atoms with van der Waals surface area (Å²) in [7, 11) is 0. The van der Waals surface area contributed by atoms with Gasteiger partial charge in [-0.2, -0.15) is 0 Å². The third-order valence-corrected chi connectivity index (χ3v) is 4.54. The molecular weight excluding hydrogens is 330 g/mol. The van der Waals surface area contributed by atoms with E-state index in [0.717, 1.165) is 22.1 Å². The first-order chi connectivity index (χ1) is 11.5. The minimum Gasteiger partial charge on any atom is -0.508 e. The number of nitrogens with one attached hydrogen (secondary N) is 1. The second kappa shape index (κ2) is 6.17. The molecule has 4 N–H and O–H groups in total. The quantitative estimate of drug-likeness (QED) is 0.497. The highest BCUT2D eigenvalue weighted by molar-refractivity contribution is 7.13. The monoisotopic (exact) mass is 343 g/mol. The number of benzene rings is 2. The highest BCUT2D eigenvalue weighted by Gasteiger charge is 2.24. The molecule has 1 unspecified atom stereocenters. The van der Waals surface area contributed by atoms with E-state index >= 15 is 0 Å². The molecule has 0 aliphatic heterocycles. The predicted octanol–water partition coefficient (Wildman–Crippen LogP) is 3.27. The summed E-state index contributed by atoms with van der Waals surface area (Å²) in [6.45, 7) is 0. The van der Waals surface area contributed by atoms with Gasteiger partial charge in [-0.3, -0.25) is 10.1 Å². The van der Waals surface area contributed by atoms with Crippen molar-refractivity contribution in [3.05, 3.63) is 69.1 Å². The molecule has 0 aliphatic rings. The Balaban J connectivity index is 2.21. The van der Waals surface area contributed by atoms with Gasteiger partial charge in [-0.15, -0.1) is 0 Å². The van der Waals surface area contributed by atoms with E-state index in [1.54, 1.807) is 17.5 Å². The van der Waals surface area contributed by atoms with Crippen LogP contribution < -0.4 is 11.1 Å². The van der Waals surface area contributed by atoms with Crippen LogP contribution in [0.4, 0.5) is 9.80 Å². The van der Waals surface area contributed by atoms with Gasteiger partial charge >= 0.3 is 11.0 Å². The van der Waals surface area contributed by atoms with Crippen LogP contribution in [0.1, 0.15) is 17.2 Å². The van der Waals surface area contributed by atoms with Gasteiger partial charge in [0.2, 0.25) is 0 Å². The van der Waals surface area contributed by atoms with Crippen molar-refractivity contribution in [1.82, 2.24) is 5.32 Å². The fourth-order valence-corrected chi connectivity index (χ4v) is 3.39. The Labute approximate surface area is 140 Å². The summed E-state index contributed by atoms with van der Waals surface area (Å²) in [6.07, 6.45) is 0. The summed E-state index contributed by atoms with van der Waals surface area (Å²) in [5.74, 6) is -0.0266. The van der Waals surface area contributed by atoms with E-state index in [9.17, 15) is 20.0 Å². The molecule has 0 saturated heterocycles. The van der Waals surface area contributed by atoms with Crippen molar-refractivity contribution in [2.45, 2.75) is 6.04 Å². The van der Waals surface area contributed by atoms with Gasteiger partial charge in [0.25, 0.3) is 0 Å². The van der Waals surface area contributed by atoms with Crippen molar-refractivity contribution < 1.29 is 14.8 Å². The average molecular weight is 343 g/mol. The van der Waals surface area contributed by atoms with Crippen LogP contribution in [0.15, 0.2) is 47.8 Å². The topological polar surface area (TPSA) is 118 Å². The van der Waals surface area contributed by atoms with Gasteiger partial charge in [-0.05, 0) is 22.4 Å². The summed E-state index contributed by atoms with van der Waals surface area (Å²) in [6, 6.07) is 10.4. The van der Waals surface area contributed by atoms with Gasteiger partial charge < -0.3 is 16.2 Å². The van der Waals surface area contributed by atoms with Crippen molar-refractivity contribution in [3.63, 3.8) is 0 Å². The van der Waals surface area contributed by atoms with Crippen molar-refractivity contribution in [2.75, 3.05) is 0 Å². The van der Waals surface area contributed by atoms with E-state index in [1.165, 1.54) is 12.1 Å². The summed E-state index contributed by atoms with van der Waals surface area (Å²) in [4.78, 5) is 21.9. The minimum absolute atomic E-state index is 0.0266. The predicted molar refractivity (Wildman–Crippen MR) is 91.1 cm³/mol. The second-order valence-electron chi connectivity index (χ2n) is 5.14. The molecule has 8 heteroatoms. The molecule has 0 bridgehead atoms. The van der Waals surface area contributed by atoms with Gasteiger partial charge in [-0.1, -0.05) is 41.7 Å². The fourth-order valence-electron chi connectivity index (χ4n) is 2.64. The maximum atomic E-state index is 11.4. The molecule has 122 valence electrons. The number of primary amides is 1. The molecule has 1 aromatic heterocycles. The first-order valence-corrected chi connectivity index (χ1v) is 7.84. The van der Waals surface area contributed by atoms with Gasteiger partial charge in [-0.25, -0.2) is 4.79 Å². The van der Waals surface area contributed by atoms with E-state index in [4.69, 9.17) is 5.73 Å². The van der Waals surface area contributed by atoms with Gasteiger partial charge in [0, 0.05) is 17.0 Å². The number of urea groups is 1. The van der Waals surface area contributed by atoms with Gasteiger partial charge in [0.05, 0.1) is 11.0 Å². The first-order valence-electron chi connectivity index (χ1n) is 6.97. The lowest BCUT2D eigenvalue weighted by Gasteiger charge is -2.20. The fraction of sp³-hybridized carbons (Fsp3) is 0.0625. The van der Waals surface area contributed by atoms with Crippen LogP contribution in [-0.4, -0.2) is 16.1 Å². The zero-order valence-electron chi connectivity index (χ0n) is 12.3. The van der Waals surface area contributed by atoms with Crippen LogP contribution in [0, 0.1) is 10.1 Å². The number of hydrogen-bond donors (Lipinski definition) is 3. The summed E-state index contributed by atoms with van der Waals surface area (Å²) in [5, 5.41) is 26.9. The molecule has 0 radical (unpaired) electrons. The van der Waals surface area contributed by atoms with E-state index in [0.29, 0.717) is 11.1 Å². The molecule has 0 spiro atoms. The van der Waals surface area contributed by atoms with E-state index in [1.807, 2.05) is 18.2 Å². The molecule has 2 aromatic carbocycles. The number of fused-ring (bicyclic) bond motifs is 1. The SMILES string of the molecule is NC(=O)NC(c1csc([N+](=O)[O-])c1)c1c(O)ccc2ccccc12. The molecule has 24 heavy (non-hydrogen) atoms. The van der Waals surface area contributed by atoms with E-state index < -0.39 is 17.0 Å². The van der Waals surface area contributed by atoms with Crippen molar-refractivity contribution >= 4 is 33.1 Å². The van der Waals surface area contributed by atoms with Crippen molar-refractivity contribution in [1.29, 1.82) is 0 Å². The number of nitrogens with two attached hydrogens (primary N) is 1. The third-order valence-electron chi connectivity index (χ3n) is 3.64. The zero-order chi connectivity index (χ0) is 17.3. The van der Waals surface area contributed by atoms with Crippen LogP contribution >= 0.6 is 11.3 Å². The molecule has 0 saturated carbocycles. The molecule has 3 aromatic rings. The molecule has 1 atom stereocenters. The zero-order valence-corrected chi connectivity index (χ0v) is 13.1. The number of thiophene rings is 1. The maximum absolute atomic E-state index is 11.4. The lowest BCUT2D eigenvalue weighted by molar-refractivity contribution is -0.380. The first kappa shape index (κ1) is 15.8. The number of amides is 2. The molecular formula is C16H13N3O4S. The maximum Gasteiger partial charge on any atom is 0.324 e. The number of phenols is 1. The molecule has 0 aliphatic carbocycles. The summed E-state index contributed by atoms with van der Waals surface area (Å²) in [5.41, 5.74) is 6.19. The largest absolute Gasteiger partial charge is 0.508 e. The number of aromatic hydroxyl groups is 1. The Morgan fingerprint density at radius 1 is 1.29 bits per heavy atom. The minimum atomic E-state index is -0.793. The number of nitro groups is 1. The number of rotatable bonds is 4. The number of carbonyl (C=O) groups excluding carboxylic acids is 1.